The van der Waals surface area contributed by atoms with Crippen LogP contribution in [-0.4, -0.2) is 16.2 Å². The summed E-state index contributed by atoms with van der Waals surface area (Å²) >= 11 is 1.68. The molecule has 0 spiro atoms. The number of nitrogens with one attached hydrogen (secondary N) is 1. The number of fused-ring (bicyclic) bond motifs is 1. The molecule has 2 heterocycles. The van der Waals surface area contributed by atoms with Crippen LogP contribution >= 0.6 is 11.3 Å². The van der Waals surface area contributed by atoms with Crippen LogP contribution in [0.25, 0.3) is 20.9 Å². The van der Waals surface area contributed by atoms with Gasteiger partial charge in [0.2, 0.25) is 0 Å². The molecule has 1 aromatic carbocycles. The molecule has 19 heavy (non-hydrogen) atoms. The molecule has 0 radical (unpaired) electrons. The predicted molar refractivity (Wildman–Crippen MR) is 75.0 cm³/mol. The van der Waals surface area contributed by atoms with Crippen LogP contribution < -0.4 is 5.32 Å². The standard InChI is InChI=1S/C14H13N3OS/c1-2-4-11-9(3-1)7-12(19-11)14-16-13(17-18-14)8-15-10-5-6-10/h1-4,7,10,15H,5-6,8H2. The van der Waals surface area contributed by atoms with Crippen molar-refractivity contribution in [1.82, 2.24) is 15.5 Å². The van der Waals surface area contributed by atoms with E-state index in [0.29, 0.717) is 18.5 Å². The first-order chi connectivity index (χ1) is 9.38. The first-order valence-corrected chi connectivity index (χ1v) is 7.25. The van der Waals surface area contributed by atoms with Gasteiger partial charge in [0.05, 0.1) is 11.4 Å². The molecule has 4 nitrogen and oxygen atoms in total. The Morgan fingerprint density at radius 3 is 3.05 bits per heavy atom. The maximum Gasteiger partial charge on any atom is 0.268 e. The summed E-state index contributed by atoms with van der Waals surface area (Å²) in [6, 6.07) is 11.0. The van der Waals surface area contributed by atoms with Gasteiger partial charge in [-0.3, -0.25) is 0 Å². The second-order valence-electron chi connectivity index (χ2n) is 4.82. The number of thiophene rings is 1. The molecular formula is C14H13N3OS. The van der Waals surface area contributed by atoms with Gasteiger partial charge in [0, 0.05) is 10.7 Å². The Balaban J connectivity index is 1.60. The second-order valence-corrected chi connectivity index (χ2v) is 5.90. The molecular weight excluding hydrogens is 258 g/mol. The van der Waals surface area contributed by atoms with Crippen molar-refractivity contribution in [2.24, 2.45) is 0 Å². The highest BCUT2D eigenvalue weighted by Gasteiger charge is 2.21. The summed E-state index contributed by atoms with van der Waals surface area (Å²) in [6.07, 6.45) is 2.53. The van der Waals surface area contributed by atoms with Crippen LogP contribution in [-0.2, 0) is 6.54 Å². The number of hydrogen-bond acceptors (Lipinski definition) is 5. The predicted octanol–water partition coefficient (Wildman–Crippen LogP) is 3.20. The van der Waals surface area contributed by atoms with Gasteiger partial charge in [-0.05, 0) is 30.4 Å². The van der Waals surface area contributed by atoms with Gasteiger partial charge >= 0.3 is 0 Å². The molecule has 1 aliphatic rings. The first kappa shape index (κ1) is 11.1. The molecule has 0 atom stereocenters. The molecule has 2 aromatic heterocycles. The third-order valence-electron chi connectivity index (χ3n) is 3.23. The number of aromatic nitrogens is 2. The van der Waals surface area contributed by atoms with E-state index in [4.69, 9.17) is 4.52 Å². The third-order valence-corrected chi connectivity index (χ3v) is 4.33. The summed E-state index contributed by atoms with van der Waals surface area (Å²) in [5.74, 6) is 1.35. The van der Waals surface area contributed by atoms with Gasteiger partial charge in [-0.25, -0.2) is 0 Å². The van der Waals surface area contributed by atoms with Crippen LogP contribution in [0.5, 0.6) is 0 Å². The minimum absolute atomic E-state index is 0.619. The maximum atomic E-state index is 5.34. The first-order valence-electron chi connectivity index (χ1n) is 6.43. The van der Waals surface area contributed by atoms with E-state index in [1.165, 1.54) is 22.9 Å². The number of hydrogen-bond donors (Lipinski definition) is 1. The molecule has 0 unspecified atom stereocenters. The lowest BCUT2D eigenvalue weighted by atomic mass is 10.2. The molecule has 0 bridgehead atoms. The molecule has 3 aromatic rings. The lowest BCUT2D eigenvalue weighted by Gasteiger charge is -1.94. The van der Waals surface area contributed by atoms with Crippen LogP contribution in [0.1, 0.15) is 18.7 Å². The zero-order chi connectivity index (χ0) is 12.7. The van der Waals surface area contributed by atoms with E-state index in [1.807, 2.05) is 12.1 Å². The van der Waals surface area contributed by atoms with Gasteiger partial charge in [-0.15, -0.1) is 11.3 Å². The van der Waals surface area contributed by atoms with Crippen molar-refractivity contribution in [2.75, 3.05) is 0 Å². The summed E-state index contributed by atoms with van der Waals surface area (Å²) in [7, 11) is 0. The fourth-order valence-corrected chi connectivity index (χ4v) is 3.02. The molecule has 1 fully saturated rings. The molecule has 1 N–H and O–H groups in total. The summed E-state index contributed by atoms with van der Waals surface area (Å²) < 4.78 is 6.59. The average Bonchev–Trinajstić information content (AvgIpc) is 2.99. The van der Waals surface area contributed by atoms with Gasteiger partial charge in [-0.1, -0.05) is 23.4 Å². The number of nitrogens with zero attached hydrogens (tertiary/aromatic N) is 2. The summed E-state index contributed by atoms with van der Waals surface area (Å²) in [5.41, 5.74) is 0. The molecule has 0 amide bonds. The highest BCUT2D eigenvalue weighted by molar-refractivity contribution is 7.22. The van der Waals surface area contributed by atoms with Gasteiger partial charge in [-0.2, -0.15) is 4.98 Å². The van der Waals surface area contributed by atoms with Gasteiger partial charge in [0.1, 0.15) is 0 Å². The van der Waals surface area contributed by atoms with E-state index in [-0.39, 0.29) is 0 Å². The number of benzene rings is 1. The minimum Gasteiger partial charge on any atom is -0.333 e. The molecule has 0 saturated heterocycles. The largest absolute Gasteiger partial charge is 0.333 e. The van der Waals surface area contributed by atoms with Crippen molar-refractivity contribution in [3.8, 4) is 10.8 Å². The van der Waals surface area contributed by atoms with Crippen LogP contribution in [0.4, 0.5) is 0 Å². The fraction of sp³-hybridized carbons (Fsp3) is 0.286. The van der Waals surface area contributed by atoms with Crippen LogP contribution in [0.2, 0.25) is 0 Å². The van der Waals surface area contributed by atoms with Gasteiger partial charge < -0.3 is 9.84 Å². The minimum atomic E-state index is 0.619. The normalized spacial score (nSPS) is 15.2. The SMILES string of the molecule is c1ccc2sc(-c3nc(CNC4CC4)no3)cc2c1. The molecule has 4 rings (SSSR count). The summed E-state index contributed by atoms with van der Waals surface area (Å²) in [6.45, 7) is 0.694. The van der Waals surface area contributed by atoms with Crippen molar-refractivity contribution >= 4 is 21.4 Å². The summed E-state index contributed by atoms with van der Waals surface area (Å²) in [4.78, 5) is 5.48. The topological polar surface area (TPSA) is 51.0 Å². The van der Waals surface area contributed by atoms with Crippen LogP contribution in [0.3, 0.4) is 0 Å². The quantitative estimate of drug-likeness (QED) is 0.791. The van der Waals surface area contributed by atoms with E-state index in [9.17, 15) is 0 Å². The van der Waals surface area contributed by atoms with Gasteiger partial charge in [0.15, 0.2) is 5.82 Å². The molecule has 1 saturated carbocycles. The van der Waals surface area contributed by atoms with E-state index in [0.717, 1.165) is 10.7 Å². The highest BCUT2D eigenvalue weighted by Crippen LogP contribution is 2.32. The highest BCUT2D eigenvalue weighted by atomic mass is 32.1. The zero-order valence-electron chi connectivity index (χ0n) is 10.3. The Morgan fingerprint density at radius 1 is 1.32 bits per heavy atom. The van der Waals surface area contributed by atoms with Crippen molar-refractivity contribution in [2.45, 2.75) is 25.4 Å². The van der Waals surface area contributed by atoms with Crippen molar-refractivity contribution < 1.29 is 4.52 Å². The van der Waals surface area contributed by atoms with E-state index < -0.39 is 0 Å². The van der Waals surface area contributed by atoms with Gasteiger partial charge in [0.25, 0.3) is 5.89 Å². The smallest absolute Gasteiger partial charge is 0.268 e. The Bertz CT molecular complexity index is 681. The van der Waals surface area contributed by atoms with Crippen LogP contribution in [0, 0.1) is 0 Å². The van der Waals surface area contributed by atoms with E-state index in [1.54, 1.807) is 11.3 Å². The van der Waals surface area contributed by atoms with Crippen LogP contribution in [0.15, 0.2) is 34.9 Å². The lowest BCUT2D eigenvalue weighted by molar-refractivity contribution is 0.420. The Hall–Kier alpha value is -1.72. The second kappa shape index (κ2) is 4.43. The molecule has 5 heteroatoms. The third kappa shape index (κ3) is 2.27. The number of rotatable bonds is 4. The molecule has 1 aliphatic carbocycles. The monoisotopic (exact) mass is 271 g/mol. The Kier molecular flexibility index (Phi) is 2.60. The zero-order valence-corrected chi connectivity index (χ0v) is 11.1. The Morgan fingerprint density at radius 2 is 2.21 bits per heavy atom. The van der Waals surface area contributed by atoms with E-state index in [2.05, 4.69) is 33.7 Å². The molecule has 96 valence electrons. The Labute approximate surface area is 114 Å². The van der Waals surface area contributed by atoms with Crippen molar-refractivity contribution in [3.63, 3.8) is 0 Å². The molecule has 0 aliphatic heterocycles. The van der Waals surface area contributed by atoms with Crippen molar-refractivity contribution in [1.29, 1.82) is 0 Å². The fourth-order valence-electron chi connectivity index (χ4n) is 2.04. The maximum absolute atomic E-state index is 5.34. The average molecular weight is 271 g/mol. The lowest BCUT2D eigenvalue weighted by Crippen LogP contribution is -2.16. The van der Waals surface area contributed by atoms with E-state index >= 15 is 0 Å². The van der Waals surface area contributed by atoms with Crippen molar-refractivity contribution in [3.05, 3.63) is 36.2 Å². The summed E-state index contributed by atoms with van der Waals surface area (Å²) in [5, 5.41) is 8.62.